The van der Waals surface area contributed by atoms with E-state index < -0.39 is 0 Å². The van der Waals surface area contributed by atoms with Gasteiger partial charge in [-0.2, -0.15) is 0 Å². The van der Waals surface area contributed by atoms with Crippen LogP contribution >= 0.6 is 68.4 Å². The predicted octanol–water partition coefficient (Wildman–Crippen LogP) is 5.69. The molecule has 0 aromatic rings. The van der Waals surface area contributed by atoms with Crippen LogP contribution in [0.3, 0.4) is 0 Å². The fourth-order valence-corrected chi connectivity index (χ4v) is 1.32. The topological polar surface area (TPSA) is 105 Å². The zero-order valence-corrected chi connectivity index (χ0v) is 18.6. The smallest absolute Gasteiger partial charge is 0.379 e. The number of hydrogen-bond donors (Lipinski definition) is 2. The van der Waals surface area contributed by atoms with E-state index in [1.165, 1.54) is 27.1 Å². The van der Waals surface area contributed by atoms with Crippen LogP contribution < -0.4 is 10.3 Å². The minimum Gasteiger partial charge on any atom is -0.460 e. The summed E-state index contributed by atoms with van der Waals surface area (Å²) in [6.45, 7) is 8.50. The Morgan fingerprint density at radius 2 is 0.955 bits per heavy atom. The summed E-state index contributed by atoms with van der Waals surface area (Å²) >= 11 is 0. The molecule has 0 aromatic carbocycles. The molecular formula is C10H28Cl2N2O4S4. The Labute approximate surface area is 162 Å². The number of methoxy groups -OCH3 is 2. The van der Waals surface area contributed by atoms with Crippen LogP contribution in [0.1, 0.15) is 40.5 Å². The average molecular weight is 440 g/mol. The van der Waals surface area contributed by atoms with Gasteiger partial charge in [0.1, 0.15) is 0 Å². The number of carbonyl (C=O) groups excluding carboxylic acids is 2. The molecule has 0 unspecified atom stereocenters. The summed E-state index contributed by atoms with van der Waals surface area (Å²) in [5, 5.41) is 9.03. The van der Waals surface area contributed by atoms with Crippen LogP contribution in [0.25, 0.3) is 0 Å². The van der Waals surface area contributed by atoms with Crippen molar-refractivity contribution in [2.45, 2.75) is 40.5 Å². The van der Waals surface area contributed by atoms with E-state index in [0.29, 0.717) is 0 Å². The number of hydrogen-bond acceptors (Lipinski definition) is 10. The van der Waals surface area contributed by atoms with Gasteiger partial charge in [0.15, 0.2) is 0 Å². The van der Waals surface area contributed by atoms with E-state index in [1.54, 1.807) is 0 Å². The van der Waals surface area contributed by atoms with Gasteiger partial charge in [0.25, 0.3) is 0 Å². The summed E-state index contributed by atoms with van der Waals surface area (Å²) in [6, 6.07) is 0. The average Bonchev–Trinajstić information content (AvgIpc) is 2.41. The van der Waals surface area contributed by atoms with E-state index in [1.807, 2.05) is 0 Å². The van der Waals surface area contributed by atoms with Crippen molar-refractivity contribution in [3.05, 3.63) is 0 Å². The van der Waals surface area contributed by atoms with Crippen molar-refractivity contribution < 1.29 is 19.1 Å². The molecule has 22 heavy (non-hydrogen) atoms. The molecule has 0 amide bonds. The van der Waals surface area contributed by atoms with Crippen LogP contribution in [0.2, 0.25) is 0 Å². The first-order valence-corrected chi connectivity index (χ1v) is 10.1. The van der Waals surface area contributed by atoms with Crippen LogP contribution in [-0.4, -0.2) is 24.8 Å². The zero-order chi connectivity index (χ0) is 16.8. The highest BCUT2D eigenvalue weighted by Gasteiger charge is 1.96. The molecule has 0 rings (SSSR count). The Hall–Kier alpha value is 0.840. The second kappa shape index (κ2) is 43.1. The molecule has 0 saturated heterocycles. The van der Waals surface area contributed by atoms with Gasteiger partial charge in [-0.25, -0.2) is 9.59 Å². The summed E-state index contributed by atoms with van der Waals surface area (Å²) in [5.41, 5.74) is 0. The van der Waals surface area contributed by atoms with Crippen LogP contribution in [0, 0.1) is 0 Å². The van der Waals surface area contributed by atoms with Gasteiger partial charge >= 0.3 is 10.6 Å². The molecule has 0 aliphatic heterocycles. The molecule has 0 radical (unpaired) electrons. The largest absolute Gasteiger partial charge is 0.460 e. The van der Waals surface area contributed by atoms with E-state index in [2.05, 4.69) is 37.2 Å². The van der Waals surface area contributed by atoms with Crippen molar-refractivity contribution in [3.8, 4) is 0 Å². The summed E-state index contributed by atoms with van der Waals surface area (Å²) in [5.74, 6) is 0. The molecular weight excluding hydrogens is 411 g/mol. The maximum atomic E-state index is 10.1. The Bertz CT molecular complexity index is 190. The quantitative estimate of drug-likeness (QED) is 0.316. The molecule has 0 atom stereocenters. The monoisotopic (exact) mass is 438 g/mol. The zero-order valence-electron chi connectivity index (χ0n) is 13.7. The second-order valence-corrected chi connectivity index (χ2v) is 6.22. The Kier molecular flexibility index (Phi) is 75.2. The van der Waals surface area contributed by atoms with E-state index >= 15 is 0 Å². The molecule has 0 spiro atoms. The Morgan fingerprint density at radius 3 is 1.00 bits per heavy atom. The molecule has 6 nitrogen and oxygen atoms in total. The van der Waals surface area contributed by atoms with Crippen molar-refractivity contribution in [3.63, 3.8) is 0 Å². The molecule has 4 N–H and O–H groups in total. The number of carbonyl (C=O) groups is 2. The van der Waals surface area contributed by atoms with Crippen molar-refractivity contribution in [1.29, 1.82) is 0 Å². The molecule has 0 aliphatic carbocycles. The first-order valence-electron chi connectivity index (χ1n) is 5.67. The standard InChI is InChI=1S/2C3H8.2C2H5NO2S2.2ClH/c2*1-3-2;2*1-5-2(4)6-7-3;;/h2*3H2,1-2H3;2*3H2,1H3;2*1H. The van der Waals surface area contributed by atoms with Crippen LogP contribution in [-0.2, 0) is 9.47 Å². The summed E-state index contributed by atoms with van der Waals surface area (Å²) in [6.07, 6.45) is 2.50. The number of rotatable bonds is 2. The lowest BCUT2D eigenvalue weighted by molar-refractivity contribution is 0.200. The fourth-order valence-electron chi connectivity index (χ4n) is 0.147. The lowest BCUT2D eigenvalue weighted by atomic mass is 10.6. The minimum absolute atomic E-state index is 0. The summed E-state index contributed by atoms with van der Waals surface area (Å²) in [7, 11) is 6.10. The number of halogens is 2. The van der Waals surface area contributed by atoms with Gasteiger partial charge in [-0.1, -0.05) is 40.5 Å². The molecule has 12 heteroatoms. The molecule has 0 bridgehead atoms. The van der Waals surface area contributed by atoms with Crippen LogP contribution in [0.15, 0.2) is 0 Å². The Morgan fingerprint density at radius 1 is 0.773 bits per heavy atom. The second-order valence-electron chi connectivity index (χ2n) is 2.68. The molecule has 140 valence electrons. The third-order valence-electron chi connectivity index (χ3n) is 0.566. The molecule has 0 fully saturated rings. The third-order valence-corrected chi connectivity index (χ3v) is 2.76. The Balaban J connectivity index is -0.0000000404. The van der Waals surface area contributed by atoms with Crippen molar-refractivity contribution >= 4 is 79.0 Å². The van der Waals surface area contributed by atoms with Crippen molar-refractivity contribution in [1.82, 2.24) is 0 Å². The lowest BCUT2D eigenvalue weighted by Crippen LogP contribution is -1.88. The minimum atomic E-state index is -0.368. The highest BCUT2D eigenvalue weighted by molar-refractivity contribution is 8.81. The van der Waals surface area contributed by atoms with Gasteiger partial charge < -0.3 is 9.47 Å². The first-order chi connectivity index (χ1) is 9.44. The number of ether oxygens (including phenoxy) is 2. The van der Waals surface area contributed by atoms with Crippen LogP contribution in [0.5, 0.6) is 0 Å². The molecule has 0 saturated carbocycles. The van der Waals surface area contributed by atoms with Gasteiger partial charge in [-0.15, -0.1) is 24.8 Å². The van der Waals surface area contributed by atoms with Gasteiger partial charge in [-0.3, -0.25) is 10.3 Å². The molecule has 0 heterocycles. The third kappa shape index (κ3) is 69.8. The lowest BCUT2D eigenvalue weighted by Gasteiger charge is -1.89. The summed E-state index contributed by atoms with van der Waals surface area (Å²) in [4.78, 5) is 20.1. The normalized spacial score (nSPS) is 6.91. The summed E-state index contributed by atoms with van der Waals surface area (Å²) < 4.78 is 8.43. The predicted molar refractivity (Wildman–Crippen MR) is 110 cm³/mol. The molecule has 0 aromatic heterocycles. The van der Waals surface area contributed by atoms with Gasteiger partial charge in [0, 0.05) is 21.6 Å². The maximum absolute atomic E-state index is 10.1. The van der Waals surface area contributed by atoms with Gasteiger partial charge in [-0.05, 0) is 22.0 Å². The van der Waals surface area contributed by atoms with E-state index in [4.69, 9.17) is 10.3 Å². The first kappa shape index (κ1) is 38.4. The highest BCUT2D eigenvalue weighted by Crippen LogP contribution is 2.15. The van der Waals surface area contributed by atoms with Gasteiger partial charge in [0.05, 0.1) is 14.2 Å². The van der Waals surface area contributed by atoms with Crippen LogP contribution in [0.4, 0.5) is 9.59 Å². The van der Waals surface area contributed by atoms with E-state index in [0.717, 1.165) is 43.5 Å². The SMILES string of the molecule is CCC.CCC.COC(=O)SSN.COC(=O)SSN.Cl.Cl. The molecule has 0 aliphatic rings. The van der Waals surface area contributed by atoms with E-state index in [-0.39, 0.29) is 35.4 Å². The van der Waals surface area contributed by atoms with E-state index in [9.17, 15) is 9.59 Å². The van der Waals surface area contributed by atoms with Crippen molar-refractivity contribution in [2.24, 2.45) is 10.3 Å². The van der Waals surface area contributed by atoms with Gasteiger partial charge in [0.2, 0.25) is 0 Å². The number of nitrogens with two attached hydrogens (primary N) is 2. The highest BCUT2D eigenvalue weighted by atomic mass is 35.5. The fraction of sp³-hybridized carbons (Fsp3) is 0.800. The maximum Gasteiger partial charge on any atom is 0.379 e. The van der Waals surface area contributed by atoms with Crippen molar-refractivity contribution in [2.75, 3.05) is 14.2 Å².